The fraction of sp³-hybridized carbons (Fsp3) is 0.867. The van der Waals surface area contributed by atoms with Crippen LogP contribution in [0.5, 0.6) is 0 Å². The van der Waals surface area contributed by atoms with Gasteiger partial charge in [0, 0.05) is 31.6 Å². The van der Waals surface area contributed by atoms with Crippen molar-refractivity contribution in [2.24, 2.45) is 0 Å². The van der Waals surface area contributed by atoms with E-state index in [1.165, 1.54) is 32.1 Å². The van der Waals surface area contributed by atoms with Crippen LogP contribution < -0.4 is 5.32 Å². The average Bonchev–Trinajstić information content (AvgIpc) is 2.46. The van der Waals surface area contributed by atoms with Crippen LogP contribution in [-0.4, -0.2) is 47.1 Å². The maximum atomic E-state index is 11.8. The normalized spacial score (nSPS) is 21.9. The lowest BCUT2D eigenvalue weighted by Crippen LogP contribution is -2.48. The van der Waals surface area contributed by atoms with E-state index in [4.69, 9.17) is 5.11 Å². The fourth-order valence-corrected chi connectivity index (χ4v) is 3.27. The number of likely N-dealkylation sites (tertiary alicyclic amines) is 1. The van der Waals surface area contributed by atoms with E-state index in [-0.39, 0.29) is 18.7 Å². The number of carbonyl (C=O) groups is 2. The van der Waals surface area contributed by atoms with Gasteiger partial charge in [0.15, 0.2) is 0 Å². The van der Waals surface area contributed by atoms with Gasteiger partial charge in [-0.1, -0.05) is 19.3 Å². The van der Waals surface area contributed by atoms with E-state index in [0.717, 1.165) is 25.9 Å². The molecule has 5 heteroatoms. The van der Waals surface area contributed by atoms with Gasteiger partial charge in [-0.05, 0) is 25.7 Å². The lowest BCUT2D eigenvalue weighted by Gasteiger charge is -2.35. The Hall–Kier alpha value is -1.10. The number of nitrogens with one attached hydrogen (secondary N) is 1. The SMILES string of the molecule is O=C(O)CCC(=O)N1CCC(NC2CCCCC2)CC1. The van der Waals surface area contributed by atoms with Gasteiger partial charge in [-0.15, -0.1) is 0 Å². The quantitative estimate of drug-likeness (QED) is 0.806. The number of piperidine rings is 1. The van der Waals surface area contributed by atoms with Gasteiger partial charge in [0.25, 0.3) is 0 Å². The highest BCUT2D eigenvalue weighted by Gasteiger charge is 2.25. The molecule has 1 aliphatic carbocycles. The van der Waals surface area contributed by atoms with E-state index in [0.29, 0.717) is 12.1 Å². The predicted octanol–water partition coefficient (Wildman–Crippen LogP) is 1.76. The molecule has 1 amide bonds. The maximum Gasteiger partial charge on any atom is 0.303 e. The number of aliphatic carboxylic acids is 1. The monoisotopic (exact) mass is 282 g/mol. The van der Waals surface area contributed by atoms with E-state index in [1.54, 1.807) is 0 Å². The Bertz CT molecular complexity index is 332. The lowest BCUT2D eigenvalue weighted by molar-refractivity contribution is -0.141. The molecule has 1 aliphatic heterocycles. The first kappa shape index (κ1) is 15.3. The van der Waals surface area contributed by atoms with Crippen molar-refractivity contribution in [2.45, 2.75) is 69.9 Å². The maximum absolute atomic E-state index is 11.8. The Kier molecular flexibility index (Phi) is 5.83. The largest absolute Gasteiger partial charge is 0.481 e. The van der Waals surface area contributed by atoms with Crippen molar-refractivity contribution in [3.8, 4) is 0 Å². The zero-order valence-corrected chi connectivity index (χ0v) is 12.1. The van der Waals surface area contributed by atoms with Gasteiger partial charge in [0.2, 0.25) is 5.91 Å². The van der Waals surface area contributed by atoms with E-state index >= 15 is 0 Å². The van der Waals surface area contributed by atoms with Crippen LogP contribution in [-0.2, 0) is 9.59 Å². The topological polar surface area (TPSA) is 69.6 Å². The number of hydrogen-bond acceptors (Lipinski definition) is 3. The van der Waals surface area contributed by atoms with Crippen LogP contribution in [0, 0.1) is 0 Å². The van der Waals surface area contributed by atoms with Gasteiger partial charge in [-0.2, -0.15) is 0 Å². The molecule has 5 nitrogen and oxygen atoms in total. The summed E-state index contributed by atoms with van der Waals surface area (Å²) in [6.07, 6.45) is 8.69. The summed E-state index contributed by atoms with van der Waals surface area (Å²) in [5.74, 6) is -0.907. The third-order valence-electron chi connectivity index (χ3n) is 4.48. The lowest BCUT2D eigenvalue weighted by atomic mass is 9.93. The van der Waals surface area contributed by atoms with Crippen LogP contribution in [0.15, 0.2) is 0 Å². The zero-order chi connectivity index (χ0) is 14.4. The minimum Gasteiger partial charge on any atom is -0.481 e. The molecule has 0 atom stereocenters. The van der Waals surface area contributed by atoms with Crippen LogP contribution in [0.2, 0.25) is 0 Å². The summed E-state index contributed by atoms with van der Waals surface area (Å²) in [6.45, 7) is 1.53. The molecule has 1 heterocycles. The van der Waals surface area contributed by atoms with Crippen molar-refractivity contribution in [1.29, 1.82) is 0 Å². The molecule has 0 aromatic heterocycles. The van der Waals surface area contributed by atoms with Crippen molar-refractivity contribution in [1.82, 2.24) is 10.2 Å². The van der Waals surface area contributed by atoms with Gasteiger partial charge in [0.05, 0.1) is 6.42 Å². The molecular weight excluding hydrogens is 256 g/mol. The van der Waals surface area contributed by atoms with Gasteiger partial charge in [0.1, 0.15) is 0 Å². The molecular formula is C15H26N2O3. The molecule has 0 aromatic carbocycles. The number of carboxylic acids is 1. The second kappa shape index (κ2) is 7.62. The minimum atomic E-state index is -0.896. The molecule has 20 heavy (non-hydrogen) atoms. The molecule has 1 saturated heterocycles. The Morgan fingerprint density at radius 3 is 2.15 bits per heavy atom. The van der Waals surface area contributed by atoms with Gasteiger partial charge < -0.3 is 15.3 Å². The molecule has 0 spiro atoms. The summed E-state index contributed by atoms with van der Waals surface area (Å²) >= 11 is 0. The number of hydrogen-bond donors (Lipinski definition) is 2. The van der Waals surface area contributed by atoms with Crippen molar-refractivity contribution in [3.05, 3.63) is 0 Å². The number of carboxylic acid groups (broad SMARTS) is 1. The van der Waals surface area contributed by atoms with Crippen LogP contribution >= 0.6 is 0 Å². The second-order valence-corrected chi connectivity index (χ2v) is 6.05. The smallest absolute Gasteiger partial charge is 0.303 e. The zero-order valence-electron chi connectivity index (χ0n) is 12.1. The number of amides is 1. The van der Waals surface area contributed by atoms with Crippen molar-refractivity contribution in [2.75, 3.05) is 13.1 Å². The summed E-state index contributed by atoms with van der Waals surface area (Å²) in [5.41, 5.74) is 0. The highest BCUT2D eigenvalue weighted by molar-refractivity contribution is 5.80. The van der Waals surface area contributed by atoms with Crippen molar-refractivity contribution >= 4 is 11.9 Å². The number of nitrogens with zero attached hydrogens (tertiary/aromatic N) is 1. The summed E-state index contributed by atoms with van der Waals surface area (Å²) in [7, 11) is 0. The minimum absolute atomic E-state index is 0.0106. The predicted molar refractivity (Wildman–Crippen MR) is 76.5 cm³/mol. The molecule has 0 radical (unpaired) electrons. The van der Waals surface area contributed by atoms with Crippen LogP contribution in [0.3, 0.4) is 0 Å². The summed E-state index contributed by atoms with van der Waals surface area (Å²) in [4.78, 5) is 24.1. The third-order valence-corrected chi connectivity index (χ3v) is 4.48. The Balaban J connectivity index is 1.66. The van der Waals surface area contributed by atoms with Crippen molar-refractivity contribution in [3.63, 3.8) is 0 Å². The van der Waals surface area contributed by atoms with Crippen LogP contribution in [0.1, 0.15) is 57.8 Å². The summed E-state index contributed by atoms with van der Waals surface area (Å²) in [6, 6.07) is 1.20. The Morgan fingerprint density at radius 2 is 1.55 bits per heavy atom. The van der Waals surface area contributed by atoms with E-state index < -0.39 is 5.97 Å². The van der Waals surface area contributed by atoms with Gasteiger partial charge in [-0.25, -0.2) is 0 Å². The number of carbonyl (C=O) groups excluding carboxylic acids is 1. The first-order valence-corrected chi connectivity index (χ1v) is 7.91. The Labute approximate surface area is 120 Å². The molecule has 2 aliphatic rings. The summed E-state index contributed by atoms with van der Waals surface area (Å²) < 4.78 is 0. The first-order valence-electron chi connectivity index (χ1n) is 7.91. The standard InChI is InChI=1S/C15H26N2O3/c18-14(6-7-15(19)20)17-10-8-13(9-11-17)16-12-4-2-1-3-5-12/h12-13,16H,1-11H2,(H,19,20). The van der Waals surface area contributed by atoms with Crippen molar-refractivity contribution < 1.29 is 14.7 Å². The molecule has 0 aromatic rings. The molecule has 2 fully saturated rings. The first-order chi connectivity index (χ1) is 9.65. The molecule has 0 unspecified atom stereocenters. The second-order valence-electron chi connectivity index (χ2n) is 6.05. The van der Waals surface area contributed by atoms with Gasteiger partial charge >= 0.3 is 5.97 Å². The van der Waals surface area contributed by atoms with E-state index in [1.807, 2.05) is 4.90 Å². The van der Waals surface area contributed by atoms with Crippen LogP contribution in [0.25, 0.3) is 0 Å². The summed E-state index contributed by atoms with van der Waals surface area (Å²) in [5, 5.41) is 12.3. The molecule has 2 N–H and O–H groups in total. The Morgan fingerprint density at radius 1 is 0.950 bits per heavy atom. The number of rotatable bonds is 5. The van der Waals surface area contributed by atoms with Gasteiger partial charge in [-0.3, -0.25) is 9.59 Å². The van der Waals surface area contributed by atoms with E-state index in [2.05, 4.69) is 5.32 Å². The average molecular weight is 282 g/mol. The fourth-order valence-electron chi connectivity index (χ4n) is 3.27. The van der Waals surface area contributed by atoms with E-state index in [9.17, 15) is 9.59 Å². The third kappa shape index (κ3) is 4.78. The molecule has 114 valence electrons. The molecule has 2 rings (SSSR count). The molecule has 0 bridgehead atoms. The molecule has 1 saturated carbocycles. The van der Waals surface area contributed by atoms with Crippen LogP contribution in [0.4, 0.5) is 0 Å². The highest BCUT2D eigenvalue weighted by Crippen LogP contribution is 2.20. The highest BCUT2D eigenvalue weighted by atomic mass is 16.4.